The van der Waals surface area contributed by atoms with Crippen molar-refractivity contribution >= 4 is 5.78 Å². The van der Waals surface area contributed by atoms with E-state index in [1.54, 1.807) is 24.3 Å². The van der Waals surface area contributed by atoms with Gasteiger partial charge in [0.1, 0.15) is 0 Å². The van der Waals surface area contributed by atoms with Gasteiger partial charge in [-0.05, 0) is 18.4 Å². The van der Waals surface area contributed by atoms with Crippen LogP contribution in [0.1, 0.15) is 60.0 Å². The first-order valence-electron chi connectivity index (χ1n) is 9.77. The average molecular weight is 370 g/mol. The van der Waals surface area contributed by atoms with Crippen molar-refractivity contribution in [1.82, 2.24) is 0 Å². The maximum absolute atomic E-state index is 12.4. The molecule has 4 nitrogen and oxygen atoms in total. The SMILES string of the molecule is O=C(c1ccccc1)c1ccc(CC(O)C(O)CCCCCCCO)cc1. The molecule has 3 N–H and O–H groups in total. The molecule has 27 heavy (non-hydrogen) atoms. The Morgan fingerprint density at radius 3 is 2.00 bits per heavy atom. The minimum atomic E-state index is -0.807. The number of hydrogen-bond acceptors (Lipinski definition) is 4. The van der Waals surface area contributed by atoms with Gasteiger partial charge in [-0.2, -0.15) is 0 Å². The fourth-order valence-corrected chi connectivity index (χ4v) is 3.11. The summed E-state index contributed by atoms with van der Waals surface area (Å²) >= 11 is 0. The maximum atomic E-state index is 12.4. The molecule has 0 bridgehead atoms. The molecule has 0 saturated heterocycles. The molecule has 0 aromatic heterocycles. The zero-order valence-corrected chi connectivity index (χ0v) is 15.8. The molecule has 2 aromatic carbocycles. The first kappa shape index (κ1) is 21.3. The van der Waals surface area contributed by atoms with E-state index in [0.717, 1.165) is 37.7 Å². The van der Waals surface area contributed by atoms with Crippen molar-refractivity contribution in [1.29, 1.82) is 0 Å². The molecule has 0 fully saturated rings. The van der Waals surface area contributed by atoms with Gasteiger partial charge in [-0.15, -0.1) is 0 Å². The first-order valence-corrected chi connectivity index (χ1v) is 9.77. The number of carbonyl (C=O) groups excluding carboxylic acids is 1. The molecule has 2 unspecified atom stereocenters. The summed E-state index contributed by atoms with van der Waals surface area (Å²) in [5.74, 6) is -0.0241. The van der Waals surface area contributed by atoms with Gasteiger partial charge in [0.15, 0.2) is 5.78 Å². The second-order valence-electron chi connectivity index (χ2n) is 7.01. The second-order valence-corrected chi connectivity index (χ2v) is 7.01. The summed E-state index contributed by atoms with van der Waals surface area (Å²) in [5.41, 5.74) is 2.16. The maximum Gasteiger partial charge on any atom is 0.193 e. The summed E-state index contributed by atoms with van der Waals surface area (Å²) in [5, 5.41) is 29.1. The van der Waals surface area contributed by atoms with Crippen molar-refractivity contribution in [3.05, 3.63) is 71.3 Å². The number of aliphatic hydroxyl groups excluding tert-OH is 3. The van der Waals surface area contributed by atoms with Gasteiger partial charge in [-0.3, -0.25) is 4.79 Å². The monoisotopic (exact) mass is 370 g/mol. The van der Waals surface area contributed by atoms with Crippen LogP contribution in [0.25, 0.3) is 0 Å². The quantitative estimate of drug-likeness (QED) is 0.395. The number of ketones is 1. The van der Waals surface area contributed by atoms with Gasteiger partial charge in [-0.1, -0.05) is 80.3 Å². The summed E-state index contributed by atoms with van der Waals surface area (Å²) in [6.45, 7) is 0.233. The molecule has 0 aliphatic heterocycles. The van der Waals surface area contributed by atoms with Crippen LogP contribution >= 0.6 is 0 Å². The van der Waals surface area contributed by atoms with Crippen LogP contribution in [0.3, 0.4) is 0 Å². The van der Waals surface area contributed by atoms with Gasteiger partial charge >= 0.3 is 0 Å². The van der Waals surface area contributed by atoms with Gasteiger partial charge in [0, 0.05) is 24.2 Å². The fourth-order valence-electron chi connectivity index (χ4n) is 3.11. The third-order valence-electron chi connectivity index (χ3n) is 4.80. The lowest BCUT2D eigenvalue weighted by atomic mass is 9.97. The van der Waals surface area contributed by atoms with Crippen molar-refractivity contribution in [2.45, 2.75) is 57.2 Å². The molecule has 146 valence electrons. The van der Waals surface area contributed by atoms with Gasteiger partial charge in [-0.25, -0.2) is 0 Å². The molecule has 0 aliphatic rings. The number of rotatable bonds is 12. The Morgan fingerprint density at radius 2 is 1.33 bits per heavy atom. The van der Waals surface area contributed by atoms with E-state index in [0.29, 0.717) is 24.0 Å². The summed E-state index contributed by atoms with van der Waals surface area (Å²) in [6.07, 6.45) is 4.13. The van der Waals surface area contributed by atoms with Crippen molar-refractivity contribution < 1.29 is 20.1 Å². The third kappa shape index (κ3) is 7.25. The van der Waals surface area contributed by atoms with Gasteiger partial charge < -0.3 is 15.3 Å². The Labute approximate surface area is 161 Å². The number of benzene rings is 2. The van der Waals surface area contributed by atoms with Crippen LogP contribution in [0.15, 0.2) is 54.6 Å². The van der Waals surface area contributed by atoms with E-state index in [9.17, 15) is 15.0 Å². The van der Waals surface area contributed by atoms with Gasteiger partial charge in [0.25, 0.3) is 0 Å². The predicted molar refractivity (Wildman–Crippen MR) is 107 cm³/mol. The number of hydrogen-bond donors (Lipinski definition) is 3. The molecule has 2 atom stereocenters. The summed E-state index contributed by atoms with van der Waals surface area (Å²) in [4.78, 5) is 12.4. The zero-order chi connectivity index (χ0) is 19.5. The van der Waals surface area contributed by atoms with E-state index >= 15 is 0 Å². The molecular formula is C23H30O4. The standard InChI is InChI=1S/C23H30O4/c24-16-8-3-1-2-7-11-21(25)22(26)17-18-12-14-20(15-13-18)23(27)19-9-5-4-6-10-19/h4-6,9-10,12-15,21-22,24-26H,1-3,7-8,11,16-17H2. The Balaban J connectivity index is 1.78. The van der Waals surface area contributed by atoms with Crippen LogP contribution in [0, 0.1) is 0 Å². The lowest BCUT2D eigenvalue weighted by Gasteiger charge is -2.18. The van der Waals surface area contributed by atoms with Crippen LogP contribution < -0.4 is 0 Å². The van der Waals surface area contributed by atoms with E-state index in [2.05, 4.69) is 0 Å². The fraction of sp³-hybridized carbons (Fsp3) is 0.435. The molecule has 4 heteroatoms. The molecule has 0 radical (unpaired) electrons. The minimum Gasteiger partial charge on any atom is -0.396 e. The number of unbranched alkanes of at least 4 members (excludes halogenated alkanes) is 4. The highest BCUT2D eigenvalue weighted by Gasteiger charge is 2.17. The van der Waals surface area contributed by atoms with Crippen molar-refractivity contribution in [2.24, 2.45) is 0 Å². The van der Waals surface area contributed by atoms with E-state index in [-0.39, 0.29) is 12.4 Å². The summed E-state index contributed by atoms with van der Waals surface area (Å²) < 4.78 is 0. The molecule has 0 amide bonds. The van der Waals surface area contributed by atoms with E-state index in [1.165, 1.54) is 0 Å². The minimum absolute atomic E-state index is 0.0241. The van der Waals surface area contributed by atoms with E-state index < -0.39 is 12.2 Å². The van der Waals surface area contributed by atoms with Crippen molar-refractivity contribution in [3.63, 3.8) is 0 Å². The lowest BCUT2D eigenvalue weighted by Crippen LogP contribution is -2.27. The van der Waals surface area contributed by atoms with Gasteiger partial charge in [0.05, 0.1) is 12.2 Å². The van der Waals surface area contributed by atoms with Crippen molar-refractivity contribution in [3.8, 4) is 0 Å². The van der Waals surface area contributed by atoms with Crippen molar-refractivity contribution in [2.75, 3.05) is 6.61 Å². The Bertz CT molecular complexity index is 667. The zero-order valence-electron chi connectivity index (χ0n) is 15.8. The summed E-state index contributed by atoms with van der Waals surface area (Å²) in [7, 11) is 0. The Kier molecular flexibility index (Phi) is 9.19. The lowest BCUT2D eigenvalue weighted by molar-refractivity contribution is 0.0137. The molecule has 2 aromatic rings. The topological polar surface area (TPSA) is 77.8 Å². The van der Waals surface area contributed by atoms with Crippen LogP contribution in [-0.2, 0) is 6.42 Å². The molecular weight excluding hydrogens is 340 g/mol. The first-order chi connectivity index (χ1) is 13.1. The molecule has 0 heterocycles. The van der Waals surface area contributed by atoms with Crippen LogP contribution in [0.2, 0.25) is 0 Å². The number of aliphatic hydroxyl groups is 3. The molecule has 0 spiro atoms. The number of carbonyl (C=O) groups is 1. The Morgan fingerprint density at radius 1 is 0.741 bits per heavy atom. The van der Waals surface area contributed by atoms with Crippen LogP contribution in [0.5, 0.6) is 0 Å². The molecule has 0 saturated carbocycles. The highest BCUT2D eigenvalue weighted by Crippen LogP contribution is 2.15. The molecule has 0 aliphatic carbocycles. The average Bonchev–Trinajstić information content (AvgIpc) is 2.71. The Hall–Kier alpha value is -2.01. The molecule has 2 rings (SSSR count). The largest absolute Gasteiger partial charge is 0.396 e. The predicted octanol–water partition coefficient (Wildman–Crippen LogP) is 3.51. The smallest absolute Gasteiger partial charge is 0.193 e. The van der Waals surface area contributed by atoms with Gasteiger partial charge in [0.2, 0.25) is 0 Å². The highest BCUT2D eigenvalue weighted by molar-refractivity contribution is 6.08. The van der Waals surface area contributed by atoms with Crippen LogP contribution in [-0.4, -0.2) is 39.9 Å². The normalized spacial score (nSPS) is 13.3. The third-order valence-corrected chi connectivity index (χ3v) is 4.80. The second kappa shape index (κ2) is 11.7. The van der Waals surface area contributed by atoms with E-state index in [4.69, 9.17) is 5.11 Å². The van der Waals surface area contributed by atoms with Crippen LogP contribution in [0.4, 0.5) is 0 Å². The van der Waals surface area contributed by atoms with E-state index in [1.807, 2.05) is 30.3 Å². The highest BCUT2D eigenvalue weighted by atomic mass is 16.3. The summed E-state index contributed by atoms with van der Waals surface area (Å²) in [6, 6.07) is 16.3.